The summed E-state index contributed by atoms with van der Waals surface area (Å²) in [4.78, 5) is 34.6. The lowest BCUT2D eigenvalue weighted by Gasteiger charge is -2.37. The van der Waals surface area contributed by atoms with E-state index in [2.05, 4.69) is 10.5 Å². The highest BCUT2D eigenvalue weighted by atomic mass is 17.2. The molecule has 3 aliphatic heterocycles. The van der Waals surface area contributed by atoms with Crippen molar-refractivity contribution in [1.82, 2.24) is 5.43 Å². The molecule has 4 rings (SSSR count). The minimum atomic E-state index is -0.551. The van der Waals surface area contributed by atoms with Crippen molar-refractivity contribution in [3.8, 4) is 0 Å². The van der Waals surface area contributed by atoms with Crippen LogP contribution in [0, 0.1) is 5.92 Å². The number of ether oxygens (including phenoxy) is 2. The van der Waals surface area contributed by atoms with Crippen LogP contribution in [-0.2, 0) is 28.8 Å². The fourth-order valence-electron chi connectivity index (χ4n) is 3.00. The predicted octanol–water partition coefficient (Wildman–Crippen LogP) is 0.0448. The molecule has 8 nitrogen and oxygen atoms in total. The first kappa shape index (κ1) is 14.0. The van der Waals surface area contributed by atoms with Crippen molar-refractivity contribution in [2.75, 3.05) is 14.2 Å². The largest absolute Gasteiger partial charge is 0.464 e. The Bertz CT molecular complexity index is 537. The van der Waals surface area contributed by atoms with E-state index in [1.165, 1.54) is 14.2 Å². The van der Waals surface area contributed by atoms with E-state index in [0.717, 1.165) is 12.8 Å². The number of hydrogen-bond acceptors (Lipinski definition) is 8. The van der Waals surface area contributed by atoms with E-state index >= 15 is 0 Å². The van der Waals surface area contributed by atoms with Crippen molar-refractivity contribution in [1.29, 1.82) is 0 Å². The molecular formula is C13H16N2O6. The molecule has 4 aliphatic rings. The number of nitrogens with zero attached hydrogens (tertiary/aromatic N) is 1. The maximum absolute atomic E-state index is 11.9. The molecule has 0 aromatic carbocycles. The summed E-state index contributed by atoms with van der Waals surface area (Å²) in [6, 6.07) is 0. The van der Waals surface area contributed by atoms with Crippen molar-refractivity contribution < 1.29 is 28.8 Å². The number of nitrogens with one attached hydrogen (secondary N) is 1. The lowest BCUT2D eigenvalue weighted by atomic mass is 9.83. The summed E-state index contributed by atoms with van der Waals surface area (Å²) in [5, 5.41) is 3.99. The Kier molecular flexibility index (Phi) is 3.64. The molecule has 8 heteroatoms. The van der Waals surface area contributed by atoms with Crippen LogP contribution in [0.15, 0.2) is 16.4 Å². The Morgan fingerprint density at radius 1 is 1.19 bits per heavy atom. The van der Waals surface area contributed by atoms with E-state index in [1.807, 2.05) is 0 Å². The van der Waals surface area contributed by atoms with Gasteiger partial charge in [-0.1, -0.05) is 0 Å². The third kappa shape index (κ3) is 2.20. The Hall–Kier alpha value is -1.93. The minimum Gasteiger partial charge on any atom is -0.464 e. The summed E-state index contributed by atoms with van der Waals surface area (Å²) in [6.45, 7) is 0. The smallest absolute Gasteiger partial charge is 0.356 e. The second kappa shape index (κ2) is 5.45. The van der Waals surface area contributed by atoms with Crippen LogP contribution in [0.4, 0.5) is 0 Å². The lowest BCUT2D eigenvalue weighted by molar-refractivity contribution is -0.358. The monoisotopic (exact) mass is 296 g/mol. The normalized spacial score (nSPS) is 30.8. The standard InChI is InChI=1S/C13H16N2O6/c1-18-12(16)10-8-6-4-3-5-7(21-20-6)9(8)11(15-14-10)13(17)19-2/h6-8,15H,3-5H2,1-2H3/t6-,7+,8-/m1/s1. The highest BCUT2D eigenvalue weighted by molar-refractivity contribution is 6.38. The Morgan fingerprint density at radius 2 is 1.95 bits per heavy atom. The second-order valence-electron chi connectivity index (χ2n) is 5.05. The molecule has 3 atom stereocenters. The number of carbonyl (C=O) groups excluding carboxylic acids is 2. The summed E-state index contributed by atoms with van der Waals surface area (Å²) >= 11 is 0. The van der Waals surface area contributed by atoms with Gasteiger partial charge in [0.15, 0.2) is 5.71 Å². The van der Waals surface area contributed by atoms with Gasteiger partial charge < -0.3 is 9.47 Å². The topological polar surface area (TPSA) is 95.5 Å². The Morgan fingerprint density at radius 3 is 2.67 bits per heavy atom. The molecule has 1 N–H and O–H groups in total. The van der Waals surface area contributed by atoms with Crippen LogP contribution >= 0.6 is 0 Å². The van der Waals surface area contributed by atoms with Crippen LogP contribution < -0.4 is 5.43 Å². The van der Waals surface area contributed by atoms with Gasteiger partial charge in [0.2, 0.25) is 0 Å². The van der Waals surface area contributed by atoms with Crippen molar-refractivity contribution in [2.24, 2.45) is 11.0 Å². The number of hydrazone groups is 1. The van der Waals surface area contributed by atoms with Gasteiger partial charge in [-0.2, -0.15) is 5.10 Å². The van der Waals surface area contributed by atoms with E-state index in [9.17, 15) is 9.59 Å². The van der Waals surface area contributed by atoms with Gasteiger partial charge in [0.25, 0.3) is 0 Å². The lowest BCUT2D eigenvalue weighted by Crippen LogP contribution is -2.48. The number of methoxy groups -OCH3 is 2. The maximum atomic E-state index is 11.9. The first-order valence-electron chi connectivity index (χ1n) is 6.73. The molecule has 0 radical (unpaired) electrons. The van der Waals surface area contributed by atoms with Gasteiger partial charge >= 0.3 is 11.9 Å². The van der Waals surface area contributed by atoms with Gasteiger partial charge in [0, 0.05) is 5.57 Å². The van der Waals surface area contributed by atoms with E-state index in [-0.39, 0.29) is 17.5 Å². The molecule has 0 aromatic heterocycles. The van der Waals surface area contributed by atoms with Gasteiger partial charge in [-0.05, 0) is 19.3 Å². The van der Waals surface area contributed by atoms with Gasteiger partial charge in [-0.25, -0.2) is 19.4 Å². The average molecular weight is 296 g/mol. The zero-order valence-corrected chi connectivity index (χ0v) is 11.8. The summed E-state index contributed by atoms with van der Waals surface area (Å²) < 4.78 is 9.53. The number of fused-ring (bicyclic) bond motifs is 3. The van der Waals surface area contributed by atoms with Crippen LogP contribution in [0.25, 0.3) is 0 Å². The number of hydrogen-bond donors (Lipinski definition) is 1. The fourth-order valence-corrected chi connectivity index (χ4v) is 3.00. The van der Waals surface area contributed by atoms with Crippen LogP contribution in [0.5, 0.6) is 0 Å². The fraction of sp³-hybridized carbons (Fsp3) is 0.615. The molecular weight excluding hydrogens is 280 g/mol. The third-order valence-electron chi connectivity index (χ3n) is 3.96. The van der Waals surface area contributed by atoms with Gasteiger partial charge in [-0.3, -0.25) is 5.43 Å². The summed E-state index contributed by atoms with van der Waals surface area (Å²) in [7, 11) is 2.58. The highest BCUT2D eigenvalue weighted by Crippen LogP contribution is 2.41. The zero-order valence-electron chi connectivity index (χ0n) is 11.8. The van der Waals surface area contributed by atoms with Crippen LogP contribution in [-0.4, -0.2) is 44.1 Å². The Balaban J connectivity index is 2.08. The summed E-state index contributed by atoms with van der Waals surface area (Å²) in [5.41, 5.74) is 3.67. The highest BCUT2D eigenvalue weighted by Gasteiger charge is 2.49. The van der Waals surface area contributed by atoms with Crippen molar-refractivity contribution >= 4 is 17.7 Å². The van der Waals surface area contributed by atoms with Gasteiger partial charge in [0.05, 0.1) is 20.1 Å². The number of rotatable bonds is 2. The molecule has 1 aliphatic carbocycles. The molecule has 3 fully saturated rings. The maximum Gasteiger partial charge on any atom is 0.356 e. The van der Waals surface area contributed by atoms with Gasteiger partial charge in [0.1, 0.15) is 17.9 Å². The molecule has 0 spiro atoms. The van der Waals surface area contributed by atoms with Crippen LogP contribution in [0.3, 0.4) is 0 Å². The van der Waals surface area contributed by atoms with E-state index < -0.39 is 24.0 Å². The van der Waals surface area contributed by atoms with Crippen molar-refractivity contribution in [2.45, 2.75) is 31.5 Å². The van der Waals surface area contributed by atoms with Gasteiger partial charge in [-0.15, -0.1) is 0 Å². The van der Waals surface area contributed by atoms with Crippen LogP contribution in [0.1, 0.15) is 19.3 Å². The zero-order chi connectivity index (χ0) is 15.0. The molecule has 2 saturated heterocycles. The van der Waals surface area contributed by atoms with E-state index in [1.54, 1.807) is 0 Å². The first-order valence-corrected chi connectivity index (χ1v) is 6.73. The first-order chi connectivity index (χ1) is 10.2. The Labute approximate surface area is 121 Å². The van der Waals surface area contributed by atoms with Crippen LogP contribution in [0.2, 0.25) is 0 Å². The average Bonchev–Trinajstić information content (AvgIpc) is 2.87. The predicted molar refractivity (Wildman–Crippen MR) is 68.7 cm³/mol. The molecule has 1 saturated carbocycles. The van der Waals surface area contributed by atoms with E-state index in [4.69, 9.17) is 19.2 Å². The molecule has 3 heterocycles. The van der Waals surface area contributed by atoms with E-state index in [0.29, 0.717) is 12.0 Å². The van der Waals surface area contributed by atoms with Crippen molar-refractivity contribution in [3.63, 3.8) is 0 Å². The molecule has 21 heavy (non-hydrogen) atoms. The summed E-state index contributed by atoms with van der Waals surface area (Å²) in [6.07, 6.45) is 1.54. The number of esters is 2. The molecule has 114 valence electrons. The third-order valence-corrected chi connectivity index (χ3v) is 3.96. The minimum absolute atomic E-state index is 0.195. The SMILES string of the molecule is COC(=O)C1=NNC(C(=O)OC)=C2[C@H]1[C@H]1CCC[C@@H]2OO1. The van der Waals surface area contributed by atoms with Crippen molar-refractivity contribution in [3.05, 3.63) is 11.3 Å². The molecule has 0 aromatic rings. The molecule has 0 amide bonds. The summed E-state index contributed by atoms with van der Waals surface area (Å²) in [5.74, 6) is -1.54. The molecule has 0 unspecified atom stereocenters. The number of carbonyl (C=O) groups is 2. The molecule has 2 bridgehead atoms. The second-order valence-corrected chi connectivity index (χ2v) is 5.05. The quantitative estimate of drug-likeness (QED) is 0.568.